The van der Waals surface area contributed by atoms with E-state index in [-0.39, 0.29) is 0 Å². The highest BCUT2D eigenvalue weighted by Crippen LogP contribution is 2.60. The van der Waals surface area contributed by atoms with Gasteiger partial charge in [0.05, 0.1) is 0 Å². The van der Waals surface area contributed by atoms with Gasteiger partial charge in [-0.1, -0.05) is 188 Å². The van der Waals surface area contributed by atoms with Gasteiger partial charge in [-0.2, -0.15) is 0 Å². The molecule has 0 N–H and O–H groups in total. The van der Waals surface area contributed by atoms with E-state index in [2.05, 4.69) is 194 Å². The molecule has 0 fully saturated rings. The van der Waals surface area contributed by atoms with Gasteiger partial charge in [-0.3, -0.25) is 0 Å². The van der Waals surface area contributed by atoms with Gasteiger partial charge in [-0.05, 0) is 138 Å². The van der Waals surface area contributed by atoms with Gasteiger partial charge >= 0.3 is 0 Å². The minimum absolute atomic E-state index is 1.22. The van der Waals surface area contributed by atoms with E-state index in [9.17, 15) is 0 Å². The van der Waals surface area contributed by atoms with Crippen LogP contribution in [0.3, 0.4) is 0 Å². The molecule has 0 aliphatic heterocycles. The Labute approximate surface area is 324 Å². The molecule has 0 aromatic heterocycles. The van der Waals surface area contributed by atoms with E-state index >= 15 is 0 Å². The fourth-order valence-corrected chi connectivity index (χ4v) is 10.4. The molecule has 2 aliphatic rings. The van der Waals surface area contributed by atoms with E-state index in [0.29, 0.717) is 0 Å². The minimum Gasteiger partial charge on any atom is -0.0622 e. The number of hydrogen-bond donors (Lipinski definition) is 0. The second kappa shape index (κ2) is 11.1. The van der Waals surface area contributed by atoms with Crippen molar-refractivity contribution in [3.63, 3.8) is 0 Å². The first kappa shape index (κ1) is 30.1. The van der Waals surface area contributed by atoms with Crippen molar-refractivity contribution < 1.29 is 0 Å². The molecular weight excluding hydrogens is 673 g/mol. The lowest BCUT2D eigenvalue weighted by atomic mass is 9.80. The number of fused-ring (bicyclic) bond motifs is 6. The molecule has 0 atom stereocenters. The fraction of sp³-hybridized carbons (Fsp3) is 0. The predicted molar refractivity (Wildman–Crippen MR) is 240 cm³/mol. The summed E-state index contributed by atoms with van der Waals surface area (Å²) in [4.78, 5) is 0. The molecule has 13 rings (SSSR count). The Bertz CT molecular complexity index is 3430. The van der Waals surface area contributed by atoms with Crippen LogP contribution in [-0.2, 0) is 0 Å². The summed E-state index contributed by atoms with van der Waals surface area (Å²) in [5.41, 5.74) is 18.0. The lowest BCUT2D eigenvalue weighted by molar-refractivity contribution is 1.58. The molecule has 11 aromatic carbocycles. The molecule has 0 saturated carbocycles. The van der Waals surface area contributed by atoms with Crippen molar-refractivity contribution in [2.24, 2.45) is 0 Å². The first-order chi connectivity index (χ1) is 27.8. The van der Waals surface area contributed by atoms with Crippen molar-refractivity contribution in [1.29, 1.82) is 0 Å². The molecule has 0 saturated heterocycles. The quantitative estimate of drug-likeness (QED) is 0.126. The summed E-state index contributed by atoms with van der Waals surface area (Å²) in [5, 5.41) is 13.4. The van der Waals surface area contributed by atoms with E-state index in [1.807, 2.05) is 0 Å². The van der Waals surface area contributed by atoms with Gasteiger partial charge in [-0.15, -0.1) is 0 Å². The van der Waals surface area contributed by atoms with E-state index in [0.717, 1.165) is 0 Å². The number of benzene rings is 11. The third-order valence-corrected chi connectivity index (χ3v) is 12.7. The summed E-state index contributed by atoms with van der Waals surface area (Å²) in [6, 6.07) is 68.1. The summed E-state index contributed by atoms with van der Waals surface area (Å²) in [5.74, 6) is 0. The van der Waals surface area contributed by atoms with Crippen LogP contribution >= 0.6 is 0 Å². The topological polar surface area (TPSA) is 0 Å². The molecule has 0 unspecified atom stereocenters. The maximum absolute atomic E-state index is 2.44. The third kappa shape index (κ3) is 3.93. The zero-order chi connectivity index (χ0) is 36.5. The van der Waals surface area contributed by atoms with E-state index in [1.165, 1.54) is 132 Å². The van der Waals surface area contributed by atoms with Crippen LogP contribution in [0.1, 0.15) is 11.1 Å². The maximum atomic E-state index is 2.44. The predicted octanol–water partition coefficient (Wildman–Crippen LogP) is 15.7. The van der Waals surface area contributed by atoms with Crippen molar-refractivity contribution in [3.05, 3.63) is 193 Å². The lowest BCUT2D eigenvalue weighted by Crippen LogP contribution is -1.95. The first-order valence-electron chi connectivity index (χ1n) is 19.6. The van der Waals surface area contributed by atoms with E-state index < -0.39 is 0 Å². The highest BCUT2D eigenvalue weighted by molar-refractivity contribution is 6.40. The molecule has 0 heterocycles. The Kier molecular flexibility index (Phi) is 5.98. The van der Waals surface area contributed by atoms with Gasteiger partial charge in [0, 0.05) is 0 Å². The smallest absolute Gasteiger partial charge is 0.000718 e. The second-order valence-corrected chi connectivity index (χ2v) is 15.5. The Morgan fingerprint density at radius 2 is 0.696 bits per heavy atom. The van der Waals surface area contributed by atoms with Crippen molar-refractivity contribution in [2.45, 2.75) is 0 Å². The molecule has 11 aromatic rings. The van der Waals surface area contributed by atoms with Crippen molar-refractivity contribution in [2.75, 3.05) is 0 Å². The van der Waals surface area contributed by atoms with Crippen LogP contribution in [0.5, 0.6) is 0 Å². The molecule has 256 valence electrons. The van der Waals surface area contributed by atoms with Crippen LogP contribution in [0.2, 0.25) is 0 Å². The van der Waals surface area contributed by atoms with Crippen molar-refractivity contribution in [1.82, 2.24) is 0 Å². The summed E-state index contributed by atoms with van der Waals surface area (Å²) < 4.78 is 0. The molecule has 0 amide bonds. The SMILES string of the molecule is C1=Cc2ccc3c4ccc5c6c(ccc(c7ccc1c2c73)c64)-c1c-5c(-c2ccccc2-c2ccccc2)c2ccccc2c1-c1cccc(-c2ccccc2)c1. The van der Waals surface area contributed by atoms with E-state index in [4.69, 9.17) is 0 Å². The number of rotatable bonds is 4. The summed E-state index contributed by atoms with van der Waals surface area (Å²) in [6.07, 6.45) is 4.54. The monoisotopic (exact) mass is 704 g/mol. The Morgan fingerprint density at radius 1 is 0.214 bits per heavy atom. The standard InChI is InChI=1S/C56H32/c1-3-12-33(13-4-1)37-16-11-17-38(32-37)50-41-20-9-10-21-42(41)53(40-19-8-7-18-39(40)34-14-5-2-6-15-34)56-48-31-29-46-44-27-25-36-23-22-35-24-26-43(51(44)49(35)36)45-28-30-47(55(50)56)54(48)52(45)46/h1-32H. The summed E-state index contributed by atoms with van der Waals surface area (Å²) >= 11 is 0. The van der Waals surface area contributed by atoms with Gasteiger partial charge in [0.2, 0.25) is 0 Å². The normalized spacial score (nSPS) is 12.6. The van der Waals surface area contributed by atoms with E-state index in [1.54, 1.807) is 0 Å². The van der Waals surface area contributed by atoms with Crippen LogP contribution in [0, 0.1) is 0 Å². The minimum atomic E-state index is 1.22. The molecule has 0 bridgehead atoms. The average molecular weight is 705 g/mol. The van der Waals surface area contributed by atoms with Gasteiger partial charge in [0.15, 0.2) is 0 Å². The lowest BCUT2D eigenvalue weighted by Gasteiger charge is -2.22. The third-order valence-electron chi connectivity index (χ3n) is 12.7. The Balaban J connectivity index is 1.21. The fourth-order valence-electron chi connectivity index (χ4n) is 10.4. The molecule has 0 radical (unpaired) electrons. The van der Waals surface area contributed by atoms with Gasteiger partial charge in [-0.25, -0.2) is 0 Å². The molecule has 0 heteroatoms. The maximum Gasteiger partial charge on any atom is -0.000718 e. The first-order valence-corrected chi connectivity index (χ1v) is 19.6. The number of hydrogen-bond acceptors (Lipinski definition) is 0. The zero-order valence-electron chi connectivity index (χ0n) is 30.5. The van der Waals surface area contributed by atoms with Crippen LogP contribution in [0.25, 0.3) is 133 Å². The van der Waals surface area contributed by atoms with Gasteiger partial charge in [0.1, 0.15) is 0 Å². The summed E-state index contributed by atoms with van der Waals surface area (Å²) in [6.45, 7) is 0. The summed E-state index contributed by atoms with van der Waals surface area (Å²) in [7, 11) is 0. The molecule has 2 aliphatic carbocycles. The van der Waals surface area contributed by atoms with Crippen LogP contribution in [0.15, 0.2) is 182 Å². The van der Waals surface area contributed by atoms with Gasteiger partial charge < -0.3 is 0 Å². The Morgan fingerprint density at radius 3 is 1.36 bits per heavy atom. The van der Waals surface area contributed by atoms with Crippen LogP contribution in [-0.4, -0.2) is 0 Å². The molecular formula is C56H32. The molecule has 0 spiro atoms. The van der Waals surface area contributed by atoms with Crippen LogP contribution < -0.4 is 0 Å². The highest BCUT2D eigenvalue weighted by atomic mass is 14.3. The average Bonchev–Trinajstić information content (AvgIpc) is 3.85. The molecule has 0 nitrogen and oxygen atoms in total. The highest BCUT2D eigenvalue weighted by Gasteiger charge is 2.33. The van der Waals surface area contributed by atoms with Crippen molar-refractivity contribution in [3.8, 4) is 66.8 Å². The van der Waals surface area contributed by atoms with Crippen molar-refractivity contribution >= 4 is 66.0 Å². The largest absolute Gasteiger partial charge is 0.0622 e. The van der Waals surface area contributed by atoms with Crippen LogP contribution in [0.4, 0.5) is 0 Å². The zero-order valence-corrected chi connectivity index (χ0v) is 30.5. The Hall–Kier alpha value is -7.28. The van der Waals surface area contributed by atoms with Gasteiger partial charge in [0.25, 0.3) is 0 Å². The molecule has 56 heavy (non-hydrogen) atoms. The second-order valence-electron chi connectivity index (χ2n) is 15.5.